The van der Waals surface area contributed by atoms with Crippen LogP contribution in [0.3, 0.4) is 0 Å². The fourth-order valence-electron chi connectivity index (χ4n) is 1.67. The van der Waals surface area contributed by atoms with Crippen molar-refractivity contribution in [3.05, 3.63) is 29.8 Å². The number of halogens is 1. The number of ether oxygens (including phenoxy) is 1. The fourth-order valence-corrected chi connectivity index (χ4v) is 1.67. The van der Waals surface area contributed by atoms with Crippen LogP contribution in [-0.2, 0) is 0 Å². The number of hydrogen-bond acceptors (Lipinski definition) is 2. The van der Waals surface area contributed by atoms with Crippen LogP contribution in [0.2, 0.25) is 0 Å². The van der Waals surface area contributed by atoms with E-state index in [1.807, 2.05) is 12.1 Å². The van der Waals surface area contributed by atoms with Crippen molar-refractivity contribution in [2.24, 2.45) is 5.73 Å². The van der Waals surface area contributed by atoms with Crippen molar-refractivity contribution in [1.82, 2.24) is 0 Å². The van der Waals surface area contributed by atoms with E-state index in [2.05, 4.69) is 12.1 Å². The molecule has 2 N–H and O–H groups in total. The Balaban J connectivity index is 0.000000845. The van der Waals surface area contributed by atoms with Gasteiger partial charge in [-0.3, -0.25) is 0 Å². The summed E-state index contributed by atoms with van der Waals surface area (Å²) in [5.74, 6) is 1.56. The van der Waals surface area contributed by atoms with Crippen LogP contribution in [0.15, 0.2) is 24.3 Å². The van der Waals surface area contributed by atoms with Crippen LogP contribution in [0.25, 0.3) is 0 Å². The van der Waals surface area contributed by atoms with Gasteiger partial charge in [-0.1, -0.05) is 18.2 Å². The summed E-state index contributed by atoms with van der Waals surface area (Å²) in [7, 11) is 0. The molecule has 1 aromatic rings. The van der Waals surface area contributed by atoms with Gasteiger partial charge in [0, 0.05) is 11.5 Å². The minimum Gasteiger partial charge on any atom is -0.493 e. The van der Waals surface area contributed by atoms with Crippen molar-refractivity contribution in [1.29, 1.82) is 0 Å². The number of nitrogens with two attached hydrogens (primary N) is 1. The monoisotopic (exact) mass is 199 g/mol. The Morgan fingerprint density at radius 3 is 2.92 bits per heavy atom. The molecule has 0 aliphatic carbocycles. The van der Waals surface area contributed by atoms with Gasteiger partial charge in [-0.05, 0) is 19.0 Å². The van der Waals surface area contributed by atoms with Gasteiger partial charge in [0.05, 0.1) is 6.61 Å². The van der Waals surface area contributed by atoms with E-state index in [0.29, 0.717) is 5.92 Å². The van der Waals surface area contributed by atoms with Crippen LogP contribution in [-0.4, -0.2) is 13.2 Å². The number of para-hydroxylation sites is 1. The van der Waals surface area contributed by atoms with Crippen LogP contribution in [0, 0.1) is 0 Å². The highest BCUT2D eigenvalue weighted by Gasteiger charge is 2.22. The average Bonchev–Trinajstić information content (AvgIpc) is 2.50. The van der Waals surface area contributed by atoms with Gasteiger partial charge in [-0.25, -0.2) is 0 Å². The lowest BCUT2D eigenvalue weighted by Gasteiger charge is -2.04. The first-order chi connectivity index (χ1) is 5.92. The minimum atomic E-state index is 0. The highest BCUT2D eigenvalue weighted by molar-refractivity contribution is 5.85. The number of rotatable bonds is 2. The summed E-state index contributed by atoms with van der Waals surface area (Å²) < 4.78 is 5.51. The summed E-state index contributed by atoms with van der Waals surface area (Å²) in [6, 6.07) is 8.20. The second kappa shape index (κ2) is 4.49. The molecule has 1 unspecified atom stereocenters. The Labute approximate surface area is 84.5 Å². The SMILES string of the molecule is Cl.NCCC1COc2ccccc21. The molecule has 1 aliphatic rings. The lowest BCUT2D eigenvalue weighted by molar-refractivity contribution is 0.326. The summed E-state index contributed by atoms with van der Waals surface area (Å²) in [4.78, 5) is 0. The maximum atomic E-state index is 5.51. The second-order valence-electron chi connectivity index (χ2n) is 3.12. The summed E-state index contributed by atoms with van der Waals surface area (Å²) in [6.45, 7) is 1.54. The van der Waals surface area contributed by atoms with Gasteiger partial charge in [0.1, 0.15) is 5.75 Å². The summed E-state index contributed by atoms with van der Waals surface area (Å²) >= 11 is 0. The molecule has 0 saturated heterocycles. The molecular weight excluding hydrogens is 186 g/mol. The smallest absolute Gasteiger partial charge is 0.122 e. The molecule has 1 heterocycles. The summed E-state index contributed by atoms with van der Waals surface area (Å²) in [5, 5.41) is 0. The average molecular weight is 200 g/mol. The Morgan fingerprint density at radius 1 is 1.38 bits per heavy atom. The van der Waals surface area contributed by atoms with Crippen molar-refractivity contribution < 1.29 is 4.74 Å². The van der Waals surface area contributed by atoms with E-state index in [1.54, 1.807) is 0 Å². The lowest BCUT2D eigenvalue weighted by atomic mass is 9.98. The molecule has 2 nitrogen and oxygen atoms in total. The quantitative estimate of drug-likeness (QED) is 0.790. The molecule has 3 heteroatoms. The standard InChI is InChI=1S/C10H13NO.ClH/c11-6-5-8-7-12-10-4-2-1-3-9(8)10;/h1-4,8H,5-7,11H2;1H. The third-order valence-corrected chi connectivity index (χ3v) is 2.31. The zero-order valence-electron chi connectivity index (χ0n) is 7.40. The molecule has 0 radical (unpaired) electrons. The zero-order valence-corrected chi connectivity index (χ0v) is 8.22. The fraction of sp³-hybridized carbons (Fsp3) is 0.400. The Morgan fingerprint density at radius 2 is 2.15 bits per heavy atom. The molecule has 1 aliphatic heterocycles. The van der Waals surface area contributed by atoms with Gasteiger partial charge in [0.25, 0.3) is 0 Å². The zero-order chi connectivity index (χ0) is 8.39. The molecule has 1 atom stereocenters. The summed E-state index contributed by atoms with van der Waals surface area (Å²) in [6.07, 6.45) is 1.02. The Bertz CT molecular complexity index is 275. The third kappa shape index (κ3) is 1.95. The predicted octanol–water partition coefficient (Wildman–Crippen LogP) is 1.93. The van der Waals surface area contributed by atoms with Gasteiger partial charge in [0.2, 0.25) is 0 Å². The van der Waals surface area contributed by atoms with E-state index in [9.17, 15) is 0 Å². The molecule has 0 fully saturated rings. The topological polar surface area (TPSA) is 35.2 Å². The number of fused-ring (bicyclic) bond motifs is 1. The van der Waals surface area contributed by atoms with Crippen LogP contribution in [0.1, 0.15) is 17.9 Å². The van der Waals surface area contributed by atoms with E-state index in [4.69, 9.17) is 10.5 Å². The predicted molar refractivity (Wildman–Crippen MR) is 55.6 cm³/mol. The first kappa shape index (κ1) is 10.4. The third-order valence-electron chi connectivity index (χ3n) is 2.31. The van der Waals surface area contributed by atoms with E-state index in [1.165, 1.54) is 5.56 Å². The van der Waals surface area contributed by atoms with Gasteiger partial charge in [0.15, 0.2) is 0 Å². The molecule has 0 spiro atoms. The maximum absolute atomic E-state index is 5.51. The van der Waals surface area contributed by atoms with Crippen molar-refractivity contribution in [2.75, 3.05) is 13.2 Å². The molecular formula is C10H14ClNO. The maximum Gasteiger partial charge on any atom is 0.122 e. The molecule has 0 amide bonds. The van der Waals surface area contributed by atoms with Crippen molar-refractivity contribution in [2.45, 2.75) is 12.3 Å². The first-order valence-corrected chi connectivity index (χ1v) is 4.33. The van der Waals surface area contributed by atoms with Gasteiger partial charge in [-0.2, -0.15) is 0 Å². The minimum absolute atomic E-state index is 0. The molecule has 2 rings (SSSR count). The van der Waals surface area contributed by atoms with Gasteiger partial charge < -0.3 is 10.5 Å². The Kier molecular flexibility index (Phi) is 3.58. The van der Waals surface area contributed by atoms with Crippen LogP contribution in [0.4, 0.5) is 0 Å². The molecule has 13 heavy (non-hydrogen) atoms. The van der Waals surface area contributed by atoms with Crippen LogP contribution < -0.4 is 10.5 Å². The largest absolute Gasteiger partial charge is 0.493 e. The van der Waals surface area contributed by atoms with E-state index >= 15 is 0 Å². The van der Waals surface area contributed by atoms with Crippen LogP contribution >= 0.6 is 12.4 Å². The molecule has 1 aromatic carbocycles. The van der Waals surface area contributed by atoms with E-state index in [-0.39, 0.29) is 12.4 Å². The van der Waals surface area contributed by atoms with Crippen molar-refractivity contribution in [3.8, 4) is 5.75 Å². The normalized spacial score (nSPS) is 18.7. The van der Waals surface area contributed by atoms with Gasteiger partial charge >= 0.3 is 0 Å². The van der Waals surface area contributed by atoms with Crippen molar-refractivity contribution in [3.63, 3.8) is 0 Å². The number of benzene rings is 1. The summed E-state index contributed by atoms with van der Waals surface area (Å²) in [5.41, 5.74) is 6.83. The molecule has 0 bridgehead atoms. The molecule has 72 valence electrons. The molecule has 0 saturated carbocycles. The first-order valence-electron chi connectivity index (χ1n) is 4.33. The Hall–Kier alpha value is -0.730. The second-order valence-corrected chi connectivity index (χ2v) is 3.12. The lowest BCUT2D eigenvalue weighted by Crippen LogP contribution is -2.08. The highest BCUT2D eigenvalue weighted by atomic mass is 35.5. The van der Waals surface area contributed by atoms with E-state index < -0.39 is 0 Å². The number of hydrogen-bond donors (Lipinski definition) is 1. The van der Waals surface area contributed by atoms with Gasteiger partial charge in [-0.15, -0.1) is 12.4 Å². The van der Waals surface area contributed by atoms with Crippen molar-refractivity contribution >= 4 is 12.4 Å². The van der Waals surface area contributed by atoms with E-state index in [0.717, 1.165) is 25.3 Å². The van der Waals surface area contributed by atoms with Crippen LogP contribution in [0.5, 0.6) is 5.75 Å². The molecule has 0 aromatic heterocycles. The highest BCUT2D eigenvalue weighted by Crippen LogP contribution is 2.34.